The van der Waals surface area contributed by atoms with Crippen LogP contribution >= 0.6 is 0 Å². The minimum atomic E-state index is 0.370. The first kappa shape index (κ1) is 13.5. The summed E-state index contributed by atoms with van der Waals surface area (Å²) in [6.45, 7) is 4.02. The predicted octanol–water partition coefficient (Wildman–Crippen LogP) is 1.25. The smallest absolute Gasteiger partial charge is 0.230 e. The standard InChI is InChI=1S/C14H24N6/c1-19-7-9-20(10-8-19)14-17-12(16-13(15)18-14)11-5-3-2-4-6-11/h11H,2-10H2,1H3,(H2,15,16,17,18). The largest absolute Gasteiger partial charge is 0.368 e. The van der Waals surface area contributed by atoms with Crippen molar-refractivity contribution < 1.29 is 0 Å². The minimum Gasteiger partial charge on any atom is -0.368 e. The second-order valence-electron chi connectivity index (χ2n) is 5.98. The highest BCUT2D eigenvalue weighted by molar-refractivity contribution is 5.36. The van der Waals surface area contributed by atoms with E-state index in [-0.39, 0.29) is 0 Å². The molecule has 1 aromatic heterocycles. The molecule has 0 unspecified atom stereocenters. The lowest BCUT2D eigenvalue weighted by Crippen LogP contribution is -2.45. The van der Waals surface area contributed by atoms with E-state index in [1.165, 1.54) is 32.1 Å². The Labute approximate surface area is 120 Å². The first-order chi connectivity index (χ1) is 9.72. The van der Waals surface area contributed by atoms with Gasteiger partial charge in [0, 0.05) is 32.1 Å². The maximum absolute atomic E-state index is 5.90. The summed E-state index contributed by atoms with van der Waals surface area (Å²) in [5.74, 6) is 2.52. The molecular weight excluding hydrogens is 252 g/mol. The van der Waals surface area contributed by atoms with Crippen molar-refractivity contribution >= 4 is 11.9 Å². The minimum absolute atomic E-state index is 0.370. The molecule has 6 nitrogen and oxygen atoms in total. The molecule has 0 amide bonds. The average molecular weight is 276 g/mol. The molecule has 1 aliphatic carbocycles. The van der Waals surface area contributed by atoms with Crippen LogP contribution in [0.5, 0.6) is 0 Å². The number of nitrogens with two attached hydrogens (primary N) is 1. The third-order valence-electron chi connectivity index (χ3n) is 4.41. The zero-order chi connectivity index (χ0) is 13.9. The van der Waals surface area contributed by atoms with Crippen molar-refractivity contribution in [2.75, 3.05) is 43.9 Å². The highest BCUT2D eigenvalue weighted by Gasteiger charge is 2.22. The van der Waals surface area contributed by atoms with E-state index < -0.39 is 0 Å². The van der Waals surface area contributed by atoms with Gasteiger partial charge < -0.3 is 15.5 Å². The quantitative estimate of drug-likeness (QED) is 0.876. The number of hydrogen-bond acceptors (Lipinski definition) is 6. The molecule has 3 rings (SSSR count). The summed E-state index contributed by atoms with van der Waals surface area (Å²) in [6.07, 6.45) is 6.26. The van der Waals surface area contributed by atoms with Gasteiger partial charge in [-0.3, -0.25) is 0 Å². The monoisotopic (exact) mass is 276 g/mol. The van der Waals surface area contributed by atoms with Crippen molar-refractivity contribution in [2.45, 2.75) is 38.0 Å². The van der Waals surface area contributed by atoms with Crippen LogP contribution in [0.2, 0.25) is 0 Å². The van der Waals surface area contributed by atoms with Gasteiger partial charge in [-0.25, -0.2) is 0 Å². The summed E-state index contributed by atoms with van der Waals surface area (Å²) >= 11 is 0. The highest BCUT2D eigenvalue weighted by Crippen LogP contribution is 2.31. The number of likely N-dealkylation sites (N-methyl/N-ethyl adjacent to an activating group) is 1. The zero-order valence-corrected chi connectivity index (χ0v) is 12.3. The van der Waals surface area contributed by atoms with Crippen LogP contribution in [-0.2, 0) is 0 Å². The topological polar surface area (TPSA) is 71.2 Å². The molecule has 1 aliphatic heterocycles. The van der Waals surface area contributed by atoms with Gasteiger partial charge in [0.15, 0.2) is 0 Å². The van der Waals surface area contributed by atoms with E-state index in [4.69, 9.17) is 10.7 Å². The van der Waals surface area contributed by atoms with E-state index in [0.29, 0.717) is 11.9 Å². The van der Waals surface area contributed by atoms with E-state index in [1.54, 1.807) is 0 Å². The van der Waals surface area contributed by atoms with Crippen molar-refractivity contribution in [3.05, 3.63) is 5.82 Å². The Bertz CT molecular complexity index is 449. The second-order valence-corrected chi connectivity index (χ2v) is 5.98. The number of hydrogen-bond donors (Lipinski definition) is 1. The van der Waals surface area contributed by atoms with Crippen LogP contribution in [0.1, 0.15) is 43.8 Å². The lowest BCUT2D eigenvalue weighted by atomic mass is 9.89. The Hall–Kier alpha value is -1.43. The third-order valence-corrected chi connectivity index (χ3v) is 4.41. The van der Waals surface area contributed by atoms with Gasteiger partial charge in [0.1, 0.15) is 5.82 Å². The Kier molecular flexibility index (Phi) is 4.00. The second kappa shape index (κ2) is 5.91. The van der Waals surface area contributed by atoms with Crippen LogP contribution in [0.3, 0.4) is 0 Å². The van der Waals surface area contributed by atoms with Gasteiger partial charge in [0.25, 0.3) is 0 Å². The van der Waals surface area contributed by atoms with Crippen molar-refractivity contribution in [1.29, 1.82) is 0 Å². The molecule has 2 fully saturated rings. The summed E-state index contributed by atoms with van der Waals surface area (Å²) in [7, 11) is 2.15. The summed E-state index contributed by atoms with van der Waals surface area (Å²) < 4.78 is 0. The summed E-state index contributed by atoms with van der Waals surface area (Å²) in [6, 6.07) is 0. The van der Waals surface area contributed by atoms with Gasteiger partial charge in [-0.05, 0) is 19.9 Å². The predicted molar refractivity (Wildman–Crippen MR) is 79.8 cm³/mol. The third kappa shape index (κ3) is 3.00. The number of nitrogen functional groups attached to an aromatic ring is 1. The van der Waals surface area contributed by atoms with Crippen LogP contribution in [0.25, 0.3) is 0 Å². The lowest BCUT2D eigenvalue weighted by Gasteiger charge is -2.32. The maximum atomic E-state index is 5.90. The average Bonchev–Trinajstić information content (AvgIpc) is 2.48. The molecule has 0 radical (unpaired) electrons. The Morgan fingerprint density at radius 3 is 2.35 bits per heavy atom. The fraction of sp³-hybridized carbons (Fsp3) is 0.786. The van der Waals surface area contributed by atoms with Crippen LogP contribution in [0.4, 0.5) is 11.9 Å². The molecule has 0 aromatic carbocycles. The van der Waals surface area contributed by atoms with E-state index in [1.807, 2.05) is 0 Å². The van der Waals surface area contributed by atoms with Gasteiger partial charge in [-0.2, -0.15) is 15.0 Å². The van der Waals surface area contributed by atoms with Crippen molar-refractivity contribution in [3.8, 4) is 0 Å². The molecule has 2 N–H and O–H groups in total. The molecule has 2 heterocycles. The van der Waals surface area contributed by atoms with Gasteiger partial charge in [-0.1, -0.05) is 19.3 Å². The first-order valence-corrected chi connectivity index (χ1v) is 7.67. The number of nitrogens with zero attached hydrogens (tertiary/aromatic N) is 5. The fourth-order valence-corrected chi connectivity index (χ4v) is 3.09. The van der Waals surface area contributed by atoms with Gasteiger partial charge in [0.2, 0.25) is 11.9 Å². The highest BCUT2D eigenvalue weighted by atomic mass is 15.3. The van der Waals surface area contributed by atoms with E-state index in [2.05, 4.69) is 26.8 Å². The van der Waals surface area contributed by atoms with E-state index in [0.717, 1.165) is 38.0 Å². The summed E-state index contributed by atoms with van der Waals surface area (Å²) in [5.41, 5.74) is 5.90. The molecule has 1 aromatic rings. The number of aromatic nitrogens is 3. The Morgan fingerprint density at radius 2 is 1.65 bits per heavy atom. The molecular formula is C14H24N6. The van der Waals surface area contributed by atoms with Gasteiger partial charge in [0.05, 0.1) is 0 Å². The summed E-state index contributed by atoms with van der Waals surface area (Å²) in [5, 5.41) is 0. The van der Waals surface area contributed by atoms with Crippen LogP contribution < -0.4 is 10.6 Å². The first-order valence-electron chi connectivity index (χ1n) is 7.67. The normalized spacial score (nSPS) is 22.1. The summed E-state index contributed by atoms with van der Waals surface area (Å²) in [4.78, 5) is 18.0. The molecule has 0 atom stereocenters. The molecule has 0 spiro atoms. The van der Waals surface area contributed by atoms with Crippen molar-refractivity contribution in [2.24, 2.45) is 0 Å². The van der Waals surface area contributed by atoms with Crippen molar-refractivity contribution in [3.63, 3.8) is 0 Å². The molecule has 20 heavy (non-hydrogen) atoms. The van der Waals surface area contributed by atoms with Crippen LogP contribution in [0.15, 0.2) is 0 Å². The molecule has 1 saturated heterocycles. The van der Waals surface area contributed by atoms with E-state index >= 15 is 0 Å². The zero-order valence-electron chi connectivity index (χ0n) is 12.3. The van der Waals surface area contributed by atoms with E-state index in [9.17, 15) is 0 Å². The SMILES string of the molecule is CN1CCN(c2nc(N)nc(C3CCCCC3)n2)CC1. The van der Waals surface area contributed by atoms with Crippen LogP contribution in [0, 0.1) is 0 Å². The molecule has 1 saturated carbocycles. The molecule has 2 aliphatic rings. The number of piperazine rings is 1. The van der Waals surface area contributed by atoms with Crippen LogP contribution in [-0.4, -0.2) is 53.1 Å². The molecule has 0 bridgehead atoms. The van der Waals surface area contributed by atoms with Gasteiger partial charge in [-0.15, -0.1) is 0 Å². The maximum Gasteiger partial charge on any atom is 0.230 e. The fourth-order valence-electron chi connectivity index (χ4n) is 3.09. The van der Waals surface area contributed by atoms with Crippen molar-refractivity contribution in [1.82, 2.24) is 19.9 Å². The molecule has 110 valence electrons. The van der Waals surface area contributed by atoms with Gasteiger partial charge >= 0.3 is 0 Å². The Morgan fingerprint density at radius 1 is 0.950 bits per heavy atom. The Balaban J connectivity index is 1.79. The lowest BCUT2D eigenvalue weighted by molar-refractivity contribution is 0.310. The number of anilines is 2. The number of rotatable bonds is 2. The molecule has 6 heteroatoms.